The molecule has 0 saturated carbocycles. The second-order valence-electron chi connectivity index (χ2n) is 5.14. The molecule has 0 aliphatic carbocycles. The summed E-state index contributed by atoms with van der Waals surface area (Å²) in [5.74, 6) is -1.87. The lowest BCUT2D eigenvalue weighted by Crippen LogP contribution is -2.53. The Labute approximate surface area is 94.8 Å². The van der Waals surface area contributed by atoms with Gasteiger partial charge < -0.3 is 21.3 Å². The number of amides is 1. The van der Waals surface area contributed by atoms with Crippen LogP contribution in [0.5, 0.6) is 0 Å². The second-order valence-corrected chi connectivity index (χ2v) is 5.14. The first-order chi connectivity index (χ1) is 6.98. The standard InChI is InChI=1S/C10H20N2O4/c1-9(2,3)6(11)7(13)12-5-10(4,16)8(14)15/h6,16H,5,11H2,1-4H3,(H,12,13)(H,14,15)/t6-,10?/m0/s1. The molecule has 2 atom stereocenters. The first-order valence-corrected chi connectivity index (χ1v) is 4.97. The van der Waals surface area contributed by atoms with E-state index >= 15 is 0 Å². The lowest BCUT2D eigenvalue weighted by atomic mass is 9.87. The van der Waals surface area contributed by atoms with Crippen LogP contribution in [-0.2, 0) is 9.59 Å². The highest BCUT2D eigenvalue weighted by Crippen LogP contribution is 2.17. The van der Waals surface area contributed by atoms with Gasteiger partial charge in [-0.15, -0.1) is 0 Å². The number of aliphatic hydroxyl groups is 1. The first kappa shape index (κ1) is 14.9. The number of carbonyl (C=O) groups is 2. The topological polar surface area (TPSA) is 113 Å². The summed E-state index contributed by atoms with van der Waals surface area (Å²) in [6.07, 6.45) is 0. The Morgan fingerprint density at radius 2 is 1.75 bits per heavy atom. The number of nitrogens with two attached hydrogens (primary N) is 1. The number of nitrogens with one attached hydrogen (secondary N) is 1. The molecule has 0 aromatic heterocycles. The summed E-state index contributed by atoms with van der Waals surface area (Å²) in [4.78, 5) is 22.1. The third-order valence-corrected chi connectivity index (χ3v) is 2.28. The lowest BCUT2D eigenvalue weighted by molar-refractivity contribution is -0.156. The Balaban J connectivity index is 4.34. The van der Waals surface area contributed by atoms with E-state index in [9.17, 15) is 14.7 Å². The quantitative estimate of drug-likeness (QED) is 0.512. The van der Waals surface area contributed by atoms with Crippen molar-refractivity contribution in [1.29, 1.82) is 0 Å². The molecule has 0 heterocycles. The van der Waals surface area contributed by atoms with Gasteiger partial charge in [0.05, 0.1) is 12.6 Å². The third kappa shape index (κ3) is 4.16. The molecule has 0 aromatic rings. The summed E-state index contributed by atoms with van der Waals surface area (Å²) in [5.41, 5.74) is 3.26. The molecular weight excluding hydrogens is 212 g/mol. The molecule has 6 nitrogen and oxygen atoms in total. The van der Waals surface area contributed by atoms with Gasteiger partial charge in [0.15, 0.2) is 5.60 Å². The molecule has 0 fully saturated rings. The van der Waals surface area contributed by atoms with Gasteiger partial charge >= 0.3 is 5.97 Å². The lowest BCUT2D eigenvalue weighted by Gasteiger charge is -2.27. The molecule has 5 N–H and O–H groups in total. The highest BCUT2D eigenvalue weighted by molar-refractivity contribution is 5.84. The van der Waals surface area contributed by atoms with Crippen LogP contribution < -0.4 is 11.1 Å². The monoisotopic (exact) mass is 232 g/mol. The van der Waals surface area contributed by atoms with E-state index in [4.69, 9.17) is 10.8 Å². The number of carboxylic acid groups (broad SMARTS) is 1. The van der Waals surface area contributed by atoms with Crippen molar-refractivity contribution in [2.45, 2.75) is 39.3 Å². The average molecular weight is 232 g/mol. The van der Waals surface area contributed by atoms with Gasteiger partial charge in [-0.1, -0.05) is 20.8 Å². The number of hydrogen-bond acceptors (Lipinski definition) is 4. The van der Waals surface area contributed by atoms with E-state index in [1.54, 1.807) is 20.8 Å². The maximum Gasteiger partial charge on any atom is 0.337 e. The van der Waals surface area contributed by atoms with Crippen molar-refractivity contribution in [3.8, 4) is 0 Å². The van der Waals surface area contributed by atoms with Crippen LogP contribution in [-0.4, -0.2) is 40.3 Å². The fourth-order valence-corrected chi connectivity index (χ4v) is 0.838. The van der Waals surface area contributed by atoms with E-state index in [1.165, 1.54) is 0 Å². The third-order valence-electron chi connectivity index (χ3n) is 2.28. The maximum absolute atomic E-state index is 11.5. The highest BCUT2D eigenvalue weighted by atomic mass is 16.4. The molecule has 0 rings (SSSR count). The smallest absolute Gasteiger partial charge is 0.337 e. The molecule has 94 valence electrons. The van der Waals surface area contributed by atoms with E-state index in [-0.39, 0.29) is 6.54 Å². The molecule has 0 bridgehead atoms. The Morgan fingerprint density at radius 1 is 1.31 bits per heavy atom. The van der Waals surface area contributed by atoms with Gasteiger partial charge in [0, 0.05) is 0 Å². The summed E-state index contributed by atoms with van der Waals surface area (Å²) in [6, 6.07) is -0.753. The van der Waals surface area contributed by atoms with Crippen LogP contribution in [0.15, 0.2) is 0 Å². The number of hydrogen-bond donors (Lipinski definition) is 4. The zero-order valence-electron chi connectivity index (χ0n) is 10.1. The average Bonchev–Trinajstić information content (AvgIpc) is 2.11. The summed E-state index contributed by atoms with van der Waals surface area (Å²) in [5, 5.41) is 20.3. The Hall–Kier alpha value is -1.14. The van der Waals surface area contributed by atoms with Gasteiger partial charge in [-0.3, -0.25) is 4.79 Å². The molecule has 0 spiro atoms. The predicted molar refractivity (Wildman–Crippen MR) is 58.7 cm³/mol. The van der Waals surface area contributed by atoms with Crippen LogP contribution in [0.1, 0.15) is 27.7 Å². The summed E-state index contributed by atoms with van der Waals surface area (Å²) in [7, 11) is 0. The fraction of sp³-hybridized carbons (Fsp3) is 0.800. The molecule has 1 amide bonds. The molecule has 0 aromatic carbocycles. The predicted octanol–water partition coefficient (Wildman–Crippen LogP) is -0.688. The van der Waals surface area contributed by atoms with Gasteiger partial charge in [-0.05, 0) is 12.3 Å². The van der Waals surface area contributed by atoms with Gasteiger partial charge in [0.1, 0.15) is 0 Å². The SMILES string of the molecule is CC(O)(CNC(=O)[C@H](N)C(C)(C)C)C(=O)O. The number of carboxylic acids is 1. The summed E-state index contributed by atoms with van der Waals surface area (Å²) >= 11 is 0. The number of aliphatic carboxylic acids is 1. The van der Waals surface area contributed by atoms with Gasteiger partial charge in [0.25, 0.3) is 0 Å². The molecule has 0 radical (unpaired) electrons. The highest BCUT2D eigenvalue weighted by Gasteiger charge is 2.33. The van der Waals surface area contributed by atoms with E-state index in [1.807, 2.05) is 0 Å². The molecule has 0 aliphatic heterocycles. The van der Waals surface area contributed by atoms with Crippen LogP contribution >= 0.6 is 0 Å². The Morgan fingerprint density at radius 3 is 2.06 bits per heavy atom. The molecule has 0 aliphatic rings. The minimum Gasteiger partial charge on any atom is -0.479 e. The van der Waals surface area contributed by atoms with Crippen molar-refractivity contribution in [3.63, 3.8) is 0 Å². The molecule has 6 heteroatoms. The van der Waals surface area contributed by atoms with Crippen LogP contribution in [0.2, 0.25) is 0 Å². The van der Waals surface area contributed by atoms with Crippen molar-refractivity contribution < 1.29 is 19.8 Å². The zero-order chi connectivity index (χ0) is 13.1. The van der Waals surface area contributed by atoms with E-state index in [0.29, 0.717) is 0 Å². The van der Waals surface area contributed by atoms with Crippen molar-refractivity contribution in [2.24, 2.45) is 11.1 Å². The molecule has 16 heavy (non-hydrogen) atoms. The van der Waals surface area contributed by atoms with Crippen molar-refractivity contribution in [2.75, 3.05) is 6.54 Å². The normalized spacial score (nSPS) is 17.4. The van der Waals surface area contributed by atoms with Gasteiger partial charge in [-0.2, -0.15) is 0 Å². The molecule has 1 unspecified atom stereocenters. The van der Waals surface area contributed by atoms with E-state index in [2.05, 4.69) is 5.32 Å². The Bertz CT molecular complexity index is 281. The van der Waals surface area contributed by atoms with Crippen LogP contribution in [0.4, 0.5) is 0 Å². The van der Waals surface area contributed by atoms with Crippen molar-refractivity contribution in [3.05, 3.63) is 0 Å². The van der Waals surface area contributed by atoms with Crippen LogP contribution in [0.3, 0.4) is 0 Å². The van der Waals surface area contributed by atoms with E-state index in [0.717, 1.165) is 6.92 Å². The number of rotatable bonds is 4. The fourth-order valence-electron chi connectivity index (χ4n) is 0.838. The van der Waals surface area contributed by atoms with Crippen LogP contribution in [0.25, 0.3) is 0 Å². The molecule has 0 saturated heterocycles. The summed E-state index contributed by atoms with van der Waals surface area (Å²) < 4.78 is 0. The van der Waals surface area contributed by atoms with E-state index < -0.39 is 28.9 Å². The second kappa shape index (κ2) is 4.80. The number of carbonyl (C=O) groups excluding carboxylic acids is 1. The Kier molecular flexibility index (Phi) is 4.45. The summed E-state index contributed by atoms with van der Waals surface area (Å²) in [6.45, 7) is 6.13. The molecular formula is C10H20N2O4. The van der Waals surface area contributed by atoms with Crippen molar-refractivity contribution >= 4 is 11.9 Å². The largest absolute Gasteiger partial charge is 0.479 e. The van der Waals surface area contributed by atoms with Crippen molar-refractivity contribution in [1.82, 2.24) is 5.32 Å². The van der Waals surface area contributed by atoms with Gasteiger partial charge in [0.2, 0.25) is 5.91 Å². The maximum atomic E-state index is 11.5. The zero-order valence-corrected chi connectivity index (χ0v) is 10.1. The van der Waals surface area contributed by atoms with Crippen LogP contribution in [0, 0.1) is 5.41 Å². The first-order valence-electron chi connectivity index (χ1n) is 4.97. The van der Waals surface area contributed by atoms with Gasteiger partial charge in [-0.25, -0.2) is 4.79 Å². The minimum atomic E-state index is -1.98. The minimum absolute atomic E-state index is 0.370.